The summed E-state index contributed by atoms with van der Waals surface area (Å²) in [7, 11) is 1.47. The number of nitrogens with zero attached hydrogens (tertiary/aromatic N) is 1. The quantitative estimate of drug-likeness (QED) is 0.386. The Hall–Kier alpha value is -3.07. The summed E-state index contributed by atoms with van der Waals surface area (Å²) in [5.41, 5.74) is -0.277. The van der Waals surface area contributed by atoms with Gasteiger partial charge >= 0.3 is 6.18 Å². The number of methoxy groups -OCH3 is 1. The SMILES string of the molecule is COCC(C)Nc1ccc(N=Cc2c(O)[nH]c3cc(F)ccc23)cc1C(F)(F)F. The zero-order chi connectivity index (χ0) is 21.2. The molecule has 0 radical (unpaired) electrons. The zero-order valence-corrected chi connectivity index (χ0v) is 15.6. The third-order valence-electron chi connectivity index (χ3n) is 4.25. The van der Waals surface area contributed by atoms with Gasteiger partial charge in [0.05, 0.1) is 28.9 Å². The Morgan fingerprint density at radius 1 is 1.24 bits per heavy atom. The molecular formula is C20H19F4N3O2. The first-order chi connectivity index (χ1) is 13.7. The number of halogens is 4. The summed E-state index contributed by atoms with van der Waals surface area (Å²) >= 11 is 0. The number of benzene rings is 2. The maximum Gasteiger partial charge on any atom is 0.418 e. The summed E-state index contributed by atoms with van der Waals surface area (Å²) in [6.07, 6.45) is -3.34. The van der Waals surface area contributed by atoms with Crippen molar-refractivity contribution < 1.29 is 27.4 Å². The zero-order valence-electron chi connectivity index (χ0n) is 15.6. The third-order valence-corrected chi connectivity index (χ3v) is 4.25. The summed E-state index contributed by atoms with van der Waals surface area (Å²) in [4.78, 5) is 6.67. The topological polar surface area (TPSA) is 69.6 Å². The summed E-state index contributed by atoms with van der Waals surface area (Å²) < 4.78 is 58.7. The third kappa shape index (κ3) is 4.68. The van der Waals surface area contributed by atoms with Crippen LogP contribution < -0.4 is 5.32 Å². The molecule has 0 bridgehead atoms. The molecular weight excluding hydrogens is 390 g/mol. The molecule has 0 aliphatic carbocycles. The number of aromatic nitrogens is 1. The van der Waals surface area contributed by atoms with Gasteiger partial charge in [-0.05, 0) is 43.3 Å². The Labute approximate surface area is 164 Å². The van der Waals surface area contributed by atoms with Crippen molar-refractivity contribution in [1.29, 1.82) is 0 Å². The molecule has 3 aromatic rings. The van der Waals surface area contributed by atoms with E-state index in [4.69, 9.17) is 4.74 Å². The monoisotopic (exact) mass is 409 g/mol. The number of aromatic hydroxyl groups is 1. The Bertz CT molecular complexity index is 1040. The molecule has 0 saturated heterocycles. The van der Waals surface area contributed by atoms with Gasteiger partial charge < -0.3 is 20.1 Å². The molecule has 3 rings (SSSR count). The fourth-order valence-corrected chi connectivity index (χ4v) is 2.98. The molecule has 0 aliphatic rings. The average molecular weight is 409 g/mol. The highest BCUT2D eigenvalue weighted by atomic mass is 19.4. The van der Waals surface area contributed by atoms with Crippen LogP contribution in [0.3, 0.4) is 0 Å². The predicted octanol–water partition coefficient (Wildman–Crippen LogP) is 5.23. The van der Waals surface area contributed by atoms with E-state index in [1.165, 1.54) is 43.7 Å². The molecule has 29 heavy (non-hydrogen) atoms. The second-order valence-corrected chi connectivity index (χ2v) is 6.56. The number of anilines is 1. The number of fused-ring (bicyclic) bond motifs is 1. The maximum absolute atomic E-state index is 13.5. The number of H-pyrrole nitrogens is 1. The van der Waals surface area contributed by atoms with Crippen LogP contribution in [0, 0.1) is 5.82 Å². The summed E-state index contributed by atoms with van der Waals surface area (Å²) in [6.45, 7) is 1.95. The number of alkyl halides is 3. The van der Waals surface area contributed by atoms with E-state index >= 15 is 0 Å². The molecule has 0 aliphatic heterocycles. The van der Waals surface area contributed by atoms with Gasteiger partial charge in [-0.3, -0.25) is 4.99 Å². The predicted molar refractivity (Wildman–Crippen MR) is 104 cm³/mol. The van der Waals surface area contributed by atoms with Crippen molar-refractivity contribution in [2.75, 3.05) is 19.0 Å². The van der Waals surface area contributed by atoms with Gasteiger partial charge in [0.1, 0.15) is 5.82 Å². The van der Waals surface area contributed by atoms with Crippen LogP contribution in [-0.2, 0) is 10.9 Å². The highest BCUT2D eigenvalue weighted by Gasteiger charge is 2.34. The van der Waals surface area contributed by atoms with Gasteiger partial charge in [-0.1, -0.05) is 0 Å². The molecule has 1 unspecified atom stereocenters. The largest absolute Gasteiger partial charge is 0.494 e. The fraction of sp³-hybridized carbons (Fsp3) is 0.250. The van der Waals surface area contributed by atoms with Crippen LogP contribution in [0.1, 0.15) is 18.1 Å². The molecule has 0 amide bonds. The molecule has 154 valence electrons. The highest BCUT2D eigenvalue weighted by molar-refractivity contribution is 6.02. The van der Waals surface area contributed by atoms with Crippen molar-refractivity contribution >= 4 is 28.5 Å². The Balaban J connectivity index is 1.95. The molecule has 2 aromatic carbocycles. The van der Waals surface area contributed by atoms with Crippen LogP contribution in [0.4, 0.5) is 28.9 Å². The molecule has 5 nitrogen and oxygen atoms in total. The lowest BCUT2D eigenvalue weighted by molar-refractivity contribution is -0.136. The van der Waals surface area contributed by atoms with E-state index in [9.17, 15) is 22.7 Å². The maximum atomic E-state index is 13.5. The van der Waals surface area contributed by atoms with Gasteiger partial charge in [0, 0.05) is 30.4 Å². The van der Waals surface area contributed by atoms with Crippen molar-refractivity contribution in [2.24, 2.45) is 4.99 Å². The lowest BCUT2D eigenvalue weighted by atomic mass is 10.1. The van der Waals surface area contributed by atoms with Crippen LogP contribution >= 0.6 is 0 Å². The summed E-state index contributed by atoms with van der Waals surface area (Å²) in [5.74, 6) is -0.736. The van der Waals surface area contributed by atoms with Crippen molar-refractivity contribution in [1.82, 2.24) is 4.98 Å². The van der Waals surface area contributed by atoms with E-state index in [1.54, 1.807) is 6.92 Å². The van der Waals surface area contributed by atoms with Gasteiger partial charge in [0.25, 0.3) is 0 Å². The number of ether oxygens (including phenoxy) is 1. The second kappa shape index (κ2) is 8.12. The number of aliphatic imine (C=N–C) groups is 1. The molecule has 9 heteroatoms. The molecule has 1 heterocycles. The number of rotatable bonds is 6. The lowest BCUT2D eigenvalue weighted by Gasteiger charge is -2.19. The van der Waals surface area contributed by atoms with Gasteiger partial charge in [0.2, 0.25) is 0 Å². The first-order valence-electron chi connectivity index (χ1n) is 8.70. The Morgan fingerprint density at radius 3 is 2.69 bits per heavy atom. The van der Waals surface area contributed by atoms with Crippen molar-refractivity contribution in [2.45, 2.75) is 19.1 Å². The number of aromatic amines is 1. The molecule has 0 saturated carbocycles. The molecule has 3 N–H and O–H groups in total. The minimum Gasteiger partial charge on any atom is -0.494 e. The molecule has 0 fully saturated rings. The van der Waals surface area contributed by atoms with Crippen LogP contribution in [0.25, 0.3) is 10.9 Å². The number of hydrogen-bond acceptors (Lipinski definition) is 4. The number of hydrogen-bond donors (Lipinski definition) is 3. The average Bonchev–Trinajstić information content (AvgIpc) is 2.94. The van der Waals surface area contributed by atoms with Gasteiger partial charge in [-0.2, -0.15) is 13.2 Å². The number of nitrogens with one attached hydrogen (secondary N) is 2. The van der Waals surface area contributed by atoms with E-state index in [1.807, 2.05) is 0 Å². The first kappa shape index (κ1) is 20.7. The van der Waals surface area contributed by atoms with Gasteiger partial charge in [-0.25, -0.2) is 4.39 Å². The standard InChI is InChI=1S/C20H19F4N3O2/c1-11(10-29-2)26-17-6-4-13(8-16(17)20(22,23)24)25-9-15-14-5-3-12(21)7-18(14)27-19(15)28/h3-9,11,26-28H,10H2,1-2H3. The lowest BCUT2D eigenvalue weighted by Crippen LogP contribution is -2.23. The molecule has 0 spiro atoms. The molecule has 1 atom stereocenters. The minimum atomic E-state index is -4.58. The minimum absolute atomic E-state index is 0.0538. The van der Waals surface area contributed by atoms with Crippen LogP contribution in [-0.4, -0.2) is 36.1 Å². The van der Waals surface area contributed by atoms with E-state index in [-0.39, 0.29) is 35.5 Å². The first-order valence-corrected chi connectivity index (χ1v) is 8.70. The second-order valence-electron chi connectivity index (χ2n) is 6.56. The van der Waals surface area contributed by atoms with Crippen molar-refractivity contribution in [3.63, 3.8) is 0 Å². The Morgan fingerprint density at radius 2 is 2.00 bits per heavy atom. The van der Waals surface area contributed by atoms with Crippen molar-refractivity contribution in [3.8, 4) is 5.88 Å². The van der Waals surface area contributed by atoms with Crippen LogP contribution in [0.2, 0.25) is 0 Å². The van der Waals surface area contributed by atoms with Crippen molar-refractivity contribution in [3.05, 3.63) is 53.3 Å². The summed E-state index contributed by atoms with van der Waals surface area (Å²) in [6, 6.07) is 7.20. The van der Waals surface area contributed by atoms with E-state index < -0.39 is 17.6 Å². The van der Waals surface area contributed by atoms with E-state index in [2.05, 4.69) is 15.3 Å². The fourth-order valence-electron chi connectivity index (χ4n) is 2.98. The van der Waals surface area contributed by atoms with Crippen LogP contribution in [0.15, 0.2) is 41.4 Å². The van der Waals surface area contributed by atoms with Gasteiger partial charge in [0.15, 0.2) is 5.88 Å². The summed E-state index contributed by atoms with van der Waals surface area (Å²) in [5, 5.41) is 13.3. The smallest absolute Gasteiger partial charge is 0.418 e. The van der Waals surface area contributed by atoms with E-state index in [0.717, 1.165) is 6.07 Å². The Kier molecular flexibility index (Phi) is 5.78. The highest BCUT2D eigenvalue weighted by Crippen LogP contribution is 2.37. The normalized spacial score (nSPS) is 13.3. The van der Waals surface area contributed by atoms with E-state index in [0.29, 0.717) is 10.9 Å². The molecule has 1 aromatic heterocycles. The van der Waals surface area contributed by atoms with Crippen LogP contribution in [0.5, 0.6) is 5.88 Å². The van der Waals surface area contributed by atoms with Gasteiger partial charge in [-0.15, -0.1) is 0 Å².